The summed E-state index contributed by atoms with van der Waals surface area (Å²) in [4.78, 5) is 11.9. The maximum atomic E-state index is 11.9. The molecule has 106 valence electrons. The zero-order valence-electron chi connectivity index (χ0n) is 11.5. The number of carbonyl (C=O) groups excluding carboxylic acids is 1. The van der Waals surface area contributed by atoms with Gasteiger partial charge in [0.05, 0.1) is 18.4 Å². The van der Waals surface area contributed by atoms with Crippen molar-refractivity contribution in [2.45, 2.75) is 26.4 Å². The lowest BCUT2D eigenvalue weighted by atomic mass is 10.1. The summed E-state index contributed by atoms with van der Waals surface area (Å²) in [6.45, 7) is 1.79. The summed E-state index contributed by atoms with van der Waals surface area (Å²) in [5.74, 6) is 0.693. The number of hydrogen-bond donors (Lipinski definition) is 1. The van der Waals surface area contributed by atoms with Crippen LogP contribution in [0.4, 0.5) is 0 Å². The second-order valence-electron chi connectivity index (χ2n) is 4.28. The maximum Gasteiger partial charge on any atom is 0.339 e. The van der Waals surface area contributed by atoms with Gasteiger partial charge in [-0.2, -0.15) is 0 Å². The number of methoxy groups -OCH3 is 1. The van der Waals surface area contributed by atoms with Crippen LogP contribution in [0, 0.1) is 0 Å². The van der Waals surface area contributed by atoms with Crippen LogP contribution in [0.15, 0.2) is 24.3 Å². The van der Waals surface area contributed by atoms with Crippen molar-refractivity contribution in [1.29, 1.82) is 0 Å². The Morgan fingerprint density at radius 1 is 1.30 bits per heavy atom. The smallest absolute Gasteiger partial charge is 0.339 e. The van der Waals surface area contributed by atoms with Gasteiger partial charge >= 0.3 is 5.97 Å². The lowest BCUT2D eigenvalue weighted by molar-refractivity contribution is 0.0600. The lowest BCUT2D eigenvalue weighted by Crippen LogP contribution is -2.12. The van der Waals surface area contributed by atoms with Gasteiger partial charge in [-0.25, -0.2) is 4.79 Å². The molecule has 6 heteroatoms. The quantitative estimate of drug-likeness (QED) is 0.837. The molecule has 0 saturated carbocycles. The highest BCUT2D eigenvalue weighted by Crippen LogP contribution is 2.20. The van der Waals surface area contributed by atoms with Gasteiger partial charge in [-0.3, -0.25) is 4.57 Å². The van der Waals surface area contributed by atoms with E-state index in [0.717, 1.165) is 6.42 Å². The molecule has 20 heavy (non-hydrogen) atoms. The van der Waals surface area contributed by atoms with Crippen molar-refractivity contribution in [2.24, 2.45) is 0 Å². The number of carbonyl (C=O) groups is 1. The lowest BCUT2D eigenvalue weighted by Gasteiger charge is -2.12. The van der Waals surface area contributed by atoms with E-state index < -0.39 is 5.97 Å². The van der Waals surface area contributed by atoms with Crippen LogP contribution in [-0.2, 0) is 17.8 Å². The molecule has 6 nitrogen and oxygen atoms in total. The second kappa shape index (κ2) is 6.29. The molecule has 0 aliphatic carbocycles. The molecule has 0 spiro atoms. The number of esters is 1. The number of aliphatic hydroxyl groups excluding tert-OH is 1. The van der Waals surface area contributed by atoms with Crippen molar-refractivity contribution >= 4 is 5.97 Å². The fourth-order valence-corrected chi connectivity index (χ4v) is 2.07. The highest BCUT2D eigenvalue weighted by Gasteiger charge is 2.18. The van der Waals surface area contributed by atoms with E-state index in [1.54, 1.807) is 22.8 Å². The van der Waals surface area contributed by atoms with Gasteiger partial charge in [0, 0.05) is 6.42 Å². The summed E-state index contributed by atoms with van der Waals surface area (Å²) in [6, 6.07) is 7.04. The molecule has 0 fully saturated rings. The molecule has 0 saturated heterocycles. The Morgan fingerprint density at radius 3 is 2.65 bits per heavy atom. The molecule has 0 aliphatic rings. The van der Waals surface area contributed by atoms with Crippen LogP contribution in [0.1, 0.15) is 35.4 Å². The predicted molar refractivity (Wildman–Crippen MR) is 72.6 cm³/mol. The van der Waals surface area contributed by atoms with E-state index in [1.165, 1.54) is 7.11 Å². The van der Waals surface area contributed by atoms with Crippen molar-refractivity contribution in [3.8, 4) is 5.69 Å². The average Bonchev–Trinajstić information content (AvgIpc) is 2.89. The SMILES string of the molecule is CCCc1nnc(CO)n1-c1ccccc1C(=O)OC. The molecule has 0 aliphatic heterocycles. The zero-order valence-corrected chi connectivity index (χ0v) is 11.5. The highest BCUT2D eigenvalue weighted by molar-refractivity contribution is 5.93. The normalized spacial score (nSPS) is 10.6. The van der Waals surface area contributed by atoms with Crippen molar-refractivity contribution in [3.63, 3.8) is 0 Å². The monoisotopic (exact) mass is 275 g/mol. The van der Waals surface area contributed by atoms with E-state index in [-0.39, 0.29) is 6.61 Å². The zero-order chi connectivity index (χ0) is 14.5. The summed E-state index contributed by atoms with van der Waals surface area (Å²) in [5, 5.41) is 17.5. The number of nitrogens with zero attached hydrogens (tertiary/aromatic N) is 3. The first kappa shape index (κ1) is 14.2. The largest absolute Gasteiger partial charge is 0.465 e. The Kier molecular flexibility index (Phi) is 4.47. The Hall–Kier alpha value is -2.21. The van der Waals surface area contributed by atoms with Crippen LogP contribution in [0.3, 0.4) is 0 Å². The minimum Gasteiger partial charge on any atom is -0.465 e. The second-order valence-corrected chi connectivity index (χ2v) is 4.28. The first-order valence-electron chi connectivity index (χ1n) is 6.44. The van der Waals surface area contributed by atoms with Crippen LogP contribution < -0.4 is 0 Å². The van der Waals surface area contributed by atoms with E-state index in [0.29, 0.717) is 29.3 Å². The third kappa shape index (κ3) is 2.55. The van der Waals surface area contributed by atoms with E-state index in [2.05, 4.69) is 10.2 Å². The molecule has 2 rings (SSSR count). The molecule has 1 N–H and O–H groups in total. The van der Waals surface area contributed by atoms with Crippen LogP contribution >= 0.6 is 0 Å². The van der Waals surface area contributed by atoms with Crippen molar-refractivity contribution in [2.75, 3.05) is 7.11 Å². The number of hydrogen-bond acceptors (Lipinski definition) is 5. The van der Waals surface area contributed by atoms with Crippen molar-refractivity contribution in [3.05, 3.63) is 41.5 Å². The van der Waals surface area contributed by atoms with Gasteiger partial charge in [0.2, 0.25) is 0 Å². The van der Waals surface area contributed by atoms with E-state index >= 15 is 0 Å². The molecular weight excluding hydrogens is 258 g/mol. The first-order chi connectivity index (χ1) is 9.72. The number of ether oxygens (including phenoxy) is 1. The number of aryl methyl sites for hydroxylation is 1. The molecule has 1 aromatic heterocycles. The standard InChI is InChI=1S/C14H17N3O3/c1-3-6-12-15-16-13(9-18)17(12)11-8-5-4-7-10(11)14(19)20-2/h4-5,7-8,18H,3,6,9H2,1-2H3. The van der Waals surface area contributed by atoms with Gasteiger partial charge in [-0.05, 0) is 18.6 Å². The Labute approximate surface area is 117 Å². The first-order valence-corrected chi connectivity index (χ1v) is 6.44. The van der Waals surface area contributed by atoms with Crippen LogP contribution in [0.2, 0.25) is 0 Å². The van der Waals surface area contributed by atoms with Gasteiger partial charge < -0.3 is 9.84 Å². The molecule has 1 aromatic carbocycles. The Morgan fingerprint density at radius 2 is 2.00 bits per heavy atom. The molecule has 0 atom stereocenters. The minimum absolute atomic E-state index is 0.244. The van der Waals surface area contributed by atoms with Crippen molar-refractivity contribution < 1.29 is 14.6 Å². The summed E-state index contributed by atoms with van der Waals surface area (Å²) in [5.41, 5.74) is 1.04. The topological polar surface area (TPSA) is 77.2 Å². The maximum absolute atomic E-state index is 11.9. The summed E-state index contributed by atoms with van der Waals surface area (Å²) in [7, 11) is 1.34. The molecular formula is C14H17N3O3. The molecule has 0 bridgehead atoms. The Bertz CT molecular complexity index is 607. The summed E-state index contributed by atoms with van der Waals surface area (Å²) >= 11 is 0. The van der Waals surface area contributed by atoms with Crippen LogP contribution in [0.25, 0.3) is 5.69 Å². The molecule has 0 unspecified atom stereocenters. The minimum atomic E-state index is -0.430. The molecule has 0 radical (unpaired) electrons. The van der Waals surface area contributed by atoms with Gasteiger partial charge in [0.1, 0.15) is 12.4 Å². The third-order valence-corrected chi connectivity index (χ3v) is 2.96. The average molecular weight is 275 g/mol. The number of aromatic nitrogens is 3. The van der Waals surface area contributed by atoms with Crippen molar-refractivity contribution in [1.82, 2.24) is 14.8 Å². The number of benzene rings is 1. The highest BCUT2D eigenvalue weighted by atomic mass is 16.5. The fraction of sp³-hybridized carbons (Fsp3) is 0.357. The van der Waals surface area contributed by atoms with Crippen LogP contribution in [-0.4, -0.2) is 33.0 Å². The summed E-state index contributed by atoms with van der Waals surface area (Å²) in [6.07, 6.45) is 1.60. The van der Waals surface area contributed by atoms with Gasteiger partial charge in [-0.1, -0.05) is 19.1 Å². The number of rotatable bonds is 5. The van der Waals surface area contributed by atoms with Gasteiger partial charge in [-0.15, -0.1) is 10.2 Å². The third-order valence-electron chi connectivity index (χ3n) is 2.96. The van der Waals surface area contributed by atoms with E-state index in [9.17, 15) is 9.90 Å². The van der Waals surface area contributed by atoms with Gasteiger partial charge in [0.15, 0.2) is 5.82 Å². The Balaban J connectivity index is 2.61. The molecule has 0 amide bonds. The predicted octanol–water partition coefficient (Wildman–Crippen LogP) is 1.50. The van der Waals surface area contributed by atoms with Crippen LogP contribution in [0.5, 0.6) is 0 Å². The van der Waals surface area contributed by atoms with Gasteiger partial charge in [0.25, 0.3) is 0 Å². The number of aliphatic hydroxyl groups is 1. The molecule has 1 heterocycles. The fourth-order valence-electron chi connectivity index (χ4n) is 2.07. The summed E-state index contributed by atoms with van der Waals surface area (Å²) < 4.78 is 6.51. The van der Waals surface area contributed by atoms with E-state index in [1.807, 2.05) is 13.0 Å². The molecule has 2 aromatic rings. The number of para-hydroxylation sites is 1. The van der Waals surface area contributed by atoms with E-state index in [4.69, 9.17) is 4.74 Å².